The molecular weight excluding hydrogens is 585 g/mol. The van der Waals surface area contributed by atoms with Gasteiger partial charge in [0, 0.05) is 28.7 Å². The van der Waals surface area contributed by atoms with E-state index in [1.807, 2.05) is 11.8 Å². The minimum Gasteiger partial charge on any atom is -0.473 e. The molecular formula is C31H36N6O4S2. The summed E-state index contributed by atoms with van der Waals surface area (Å²) in [5.41, 5.74) is 11.2. The van der Waals surface area contributed by atoms with Gasteiger partial charge in [-0.25, -0.2) is 4.98 Å². The number of likely N-dealkylation sites (N-methyl/N-ethyl adjacent to an activating group) is 1. The molecule has 2 fully saturated rings. The molecule has 5 aliphatic rings. The van der Waals surface area contributed by atoms with Crippen LogP contribution < -0.4 is 10.5 Å². The van der Waals surface area contributed by atoms with Crippen LogP contribution in [0.15, 0.2) is 4.52 Å². The molecule has 12 heteroatoms. The molecule has 2 N–H and O–H groups in total. The second-order valence-corrected chi connectivity index (χ2v) is 15.2. The molecule has 4 atom stereocenters. The van der Waals surface area contributed by atoms with E-state index >= 15 is 0 Å². The molecule has 0 radical (unpaired) electrons. The van der Waals surface area contributed by atoms with Crippen molar-refractivity contribution in [3.63, 3.8) is 0 Å². The Morgan fingerprint density at radius 2 is 2.05 bits per heavy atom. The Bertz CT molecular complexity index is 1620. The van der Waals surface area contributed by atoms with E-state index in [1.165, 1.54) is 11.3 Å². The first-order valence-electron chi connectivity index (χ1n) is 15.3. The van der Waals surface area contributed by atoms with Crippen molar-refractivity contribution in [1.29, 1.82) is 5.26 Å². The summed E-state index contributed by atoms with van der Waals surface area (Å²) >= 11 is 3.39. The molecule has 0 saturated carbocycles. The number of nitriles is 1. The largest absolute Gasteiger partial charge is 0.473 e. The maximum atomic E-state index is 10.1. The van der Waals surface area contributed by atoms with Crippen molar-refractivity contribution < 1.29 is 18.7 Å². The molecule has 2 spiro atoms. The number of anilines is 1. The van der Waals surface area contributed by atoms with Gasteiger partial charge in [0.25, 0.3) is 0 Å². The number of aryl methyl sites for hydroxylation is 1. The predicted molar refractivity (Wildman–Crippen MR) is 163 cm³/mol. The molecule has 1 aliphatic carbocycles. The number of hydrogen-bond acceptors (Lipinski definition) is 12. The quantitative estimate of drug-likeness (QED) is 0.440. The van der Waals surface area contributed by atoms with Gasteiger partial charge in [-0.2, -0.15) is 10.2 Å². The monoisotopic (exact) mass is 620 g/mol. The highest BCUT2D eigenvalue weighted by molar-refractivity contribution is 8.00. The third kappa shape index (κ3) is 4.19. The van der Waals surface area contributed by atoms with Crippen molar-refractivity contribution in [2.75, 3.05) is 44.9 Å². The molecule has 0 unspecified atom stereocenters. The van der Waals surface area contributed by atoms with Gasteiger partial charge < -0.3 is 24.5 Å². The minimum atomic E-state index is -0.477. The summed E-state index contributed by atoms with van der Waals surface area (Å²) in [6.45, 7) is 5.42. The molecule has 3 aromatic rings. The Labute approximate surface area is 259 Å². The van der Waals surface area contributed by atoms with Gasteiger partial charge in [0.05, 0.1) is 42.1 Å². The molecule has 10 nitrogen and oxygen atoms in total. The first-order chi connectivity index (χ1) is 20.9. The predicted octanol–water partition coefficient (Wildman–Crippen LogP) is 4.57. The third-order valence-corrected chi connectivity index (χ3v) is 12.7. The fourth-order valence-corrected chi connectivity index (χ4v) is 10.9. The summed E-state index contributed by atoms with van der Waals surface area (Å²) in [7, 11) is 2.16. The zero-order chi connectivity index (χ0) is 29.3. The van der Waals surface area contributed by atoms with E-state index in [9.17, 15) is 5.26 Å². The van der Waals surface area contributed by atoms with E-state index in [0.29, 0.717) is 60.4 Å². The van der Waals surface area contributed by atoms with Crippen LogP contribution in [0.2, 0.25) is 0 Å². The van der Waals surface area contributed by atoms with Gasteiger partial charge >= 0.3 is 0 Å². The van der Waals surface area contributed by atoms with Crippen molar-refractivity contribution in [2.24, 2.45) is 0 Å². The van der Waals surface area contributed by atoms with Gasteiger partial charge in [-0.1, -0.05) is 5.16 Å². The standard InChI is InChI=1S/C31H36N6O4S2/c1-17(21-6-4-10-37(21)2)40-29-20-14-39-16-30(9-11-38-15-30)25(20)34-28(35-29)24-18-5-3-8-31(26(18)41-36-24)23-19(13-32)27(33)43-22(23)7-12-42-31/h17,21H,3-12,14-16,33H2,1-2H3/t17-,21-,30+,31-/m0/s1. The molecule has 0 amide bonds. The fourth-order valence-electron chi connectivity index (χ4n) is 7.98. The lowest BCUT2D eigenvalue weighted by Gasteiger charge is -2.38. The molecule has 0 bridgehead atoms. The van der Waals surface area contributed by atoms with Crippen molar-refractivity contribution in [3.05, 3.63) is 38.6 Å². The van der Waals surface area contributed by atoms with Gasteiger partial charge in [0.1, 0.15) is 21.9 Å². The number of likely N-dealkylation sites (tertiary alicyclic amines) is 1. The number of nitrogens with zero attached hydrogens (tertiary/aromatic N) is 5. The van der Waals surface area contributed by atoms with E-state index in [-0.39, 0.29) is 11.5 Å². The Morgan fingerprint density at radius 1 is 1.16 bits per heavy atom. The van der Waals surface area contributed by atoms with E-state index in [0.717, 1.165) is 79.0 Å². The molecule has 3 aromatic heterocycles. The fraction of sp³-hybridized carbons (Fsp3) is 0.613. The van der Waals surface area contributed by atoms with Gasteiger partial charge in [0.15, 0.2) is 17.3 Å². The number of nitrogen functional groups attached to an aromatic ring is 1. The average Bonchev–Trinajstić information content (AvgIpc) is 3.80. The number of rotatable bonds is 4. The Kier molecular flexibility index (Phi) is 6.76. The van der Waals surface area contributed by atoms with E-state index in [4.69, 9.17) is 34.4 Å². The highest BCUT2D eigenvalue weighted by Gasteiger charge is 2.50. The van der Waals surface area contributed by atoms with Crippen LogP contribution in [0.1, 0.15) is 77.6 Å². The zero-order valence-corrected chi connectivity index (χ0v) is 26.2. The smallest absolute Gasteiger partial charge is 0.223 e. The number of fused-ring (bicyclic) bond motifs is 6. The lowest BCUT2D eigenvalue weighted by Crippen LogP contribution is -2.40. The molecule has 7 heterocycles. The first-order valence-corrected chi connectivity index (χ1v) is 17.1. The third-order valence-electron chi connectivity index (χ3n) is 10.1. The summed E-state index contributed by atoms with van der Waals surface area (Å²) in [5, 5.41) is 15.4. The number of thioether (sulfide) groups is 1. The molecule has 226 valence electrons. The van der Waals surface area contributed by atoms with Crippen LogP contribution in [-0.2, 0) is 39.1 Å². The molecule has 4 aliphatic heterocycles. The van der Waals surface area contributed by atoms with Crippen molar-refractivity contribution in [1.82, 2.24) is 20.0 Å². The number of ether oxygens (including phenoxy) is 3. The topological polar surface area (TPSA) is 133 Å². The van der Waals surface area contributed by atoms with Crippen LogP contribution in [0.4, 0.5) is 5.00 Å². The number of hydrogen-bond donors (Lipinski definition) is 1. The summed E-state index contributed by atoms with van der Waals surface area (Å²) in [6.07, 6.45) is 6.60. The van der Waals surface area contributed by atoms with Gasteiger partial charge in [-0.15, -0.1) is 23.1 Å². The number of aromatic nitrogens is 3. The molecule has 43 heavy (non-hydrogen) atoms. The van der Waals surface area contributed by atoms with E-state index in [1.54, 1.807) is 11.3 Å². The first kappa shape index (κ1) is 27.8. The highest BCUT2D eigenvalue weighted by atomic mass is 32.2. The summed E-state index contributed by atoms with van der Waals surface area (Å²) in [5.74, 6) is 2.87. The molecule has 0 aromatic carbocycles. The van der Waals surface area contributed by atoms with Crippen LogP contribution in [-0.4, -0.2) is 71.3 Å². The summed E-state index contributed by atoms with van der Waals surface area (Å²) < 4.78 is 24.6. The van der Waals surface area contributed by atoms with Crippen LogP contribution in [0.25, 0.3) is 11.5 Å². The molecule has 2 saturated heterocycles. The van der Waals surface area contributed by atoms with Gasteiger partial charge in [-0.3, -0.25) is 4.90 Å². The summed E-state index contributed by atoms with van der Waals surface area (Å²) in [6, 6.07) is 2.73. The second-order valence-electron chi connectivity index (χ2n) is 12.6. The van der Waals surface area contributed by atoms with Crippen LogP contribution in [0.5, 0.6) is 5.88 Å². The van der Waals surface area contributed by atoms with Crippen molar-refractivity contribution in [2.45, 2.75) is 80.8 Å². The normalized spacial score (nSPS) is 28.9. The maximum absolute atomic E-state index is 10.1. The second kappa shape index (κ2) is 10.4. The van der Waals surface area contributed by atoms with E-state index in [2.05, 4.69) is 30.1 Å². The Balaban J connectivity index is 1.26. The lowest BCUT2D eigenvalue weighted by molar-refractivity contribution is 0.0358. The minimum absolute atomic E-state index is 0.0444. The van der Waals surface area contributed by atoms with Crippen molar-refractivity contribution >= 4 is 28.1 Å². The van der Waals surface area contributed by atoms with Crippen LogP contribution >= 0.6 is 23.1 Å². The molecule has 8 rings (SSSR count). The summed E-state index contributed by atoms with van der Waals surface area (Å²) in [4.78, 5) is 13.9. The van der Waals surface area contributed by atoms with Crippen LogP contribution in [0.3, 0.4) is 0 Å². The van der Waals surface area contributed by atoms with Gasteiger partial charge in [0.2, 0.25) is 5.88 Å². The Morgan fingerprint density at radius 3 is 2.84 bits per heavy atom. The number of nitrogens with two attached hydrogens (primary N) is 1. The zero-order valence-electron chi connectivity index (χ0n) is 24.6. The van der Waals surface area contributed by atoms with Crippen LogP contribution in [0, 0.1) is 11.3 Å². The SMILES string of the molecule is C[C@H](Oc1nc(-c2noc3c2CCC[C@@]32SCCc3sc(N)c(C#N)c32)nc2c1COC[C@]21CCOC1)[C@@H]1CCCN1C. The Hall–Kier alpha value is -2.69. The van der Waals surface area contributed by atoms with E-state index < -0.39 is 4.75 Å². The lowest BCUT2D eigenvalue weighted by atomic mass is 9.79. The van der Waals surface area contributed by atoms with Gasteiger partial charge in [-0.05, 0) is 71.2 Å². The maximum Gasteiger partial charge on any atom is 0.223 e. The highest BCUT2D eigenvalue weighted by Crippen LogP contribution is 2.58. The average molecular weight is 621 g/mol. The van der Waals surface area contributed by atoms with Crippen molar-refractivity contribution in [3.8, 4) is 23.5 Å². The number of thiophene rings is 1.